The normalized spacial score (nSPS) is 13.1. The van der Waals surface area contributed by atoms with Crippen LogP contribution in [0.3, 0.4) is 0 Å². The average Bonchev–Trinajstić information content (AvgIpc) is 2.72. The van der Waals surface area contributed by atoms with E-state index in [0.717, 1.165) is 0 Å². The molecule has 0 fully saturated rings. The molecule has 0 aromatic heterocycles. The van der Waals surface area contributed by atoms with Gasteiger partial charge < -0.3 is 5.32 Å². The summed E-state index contributed by atoms with van der Waals surface area (Å²) in [6.07, 6.45) is 7.32. The van der Waals surface area contributed by atoms with Crippen LogP contribution >= 0.6 is 0 Å². The van der Waals surface area contributed by atoms with Crippen molar-refractivity contribution in [2.75, 3.05) is 5.32 Å². The second kappa shape index (κ2) is 7.50. The van der Waals surface area contributed by atoms with Gasteiger partial charge in [0, 0.05) is 22.5 Å². The predicted molar refractivity (Wildman–Crippen MR) is 102 cm³/mol. The minimum Gasteiger partial charge on any atom is -0.355 e. The Morgan fingerprint density at radius 1 is 0.652 bits per heavy atom. The predicted octanol–water partition coefficient (Wildman–Crippen LogP) is 7.03. The summed E-state index contributed by atoms with van der Waals surface area (Å²) in [6.45, 7) is 4.56. The minimum absolute atomic E-state index is 1.17. The number of benzene rings is 2. The molecule has 0 saturated heterocycles. The summed E-state index contributed by atoms with van der Waals surface area (Å²) in [6, 6.07) is 17.6. The molecule has 1 N–H and O–H groups in total. The average molecular weight is 305 g/mol. The van der Waals surface area contributed by atoms with Crippen molar-refractivity contribution in [1.82, 2.24) is 0 Å². The second-order valence-electron chi connectivity index (χ2n) is 6.38. The van der Waals surface area contributed by atoms with Gasteiger partial charge in [0.05, 0.1) is 0 Å². The number of nitrogens with one attached hydrogen (secondary N) is 1. The molecule has 0 atom stereocenters. The Morgan fingerprint density at radius 2 is 1.09 bits per heavy atom. The quantitative estimate of drug-likeness (QED) is 0.603. The van der Waals surface area contributed by atoms with Crippen molar-refractivity contribution in [1.29, 1.82) is 0 Å². The third-order valence-corrected chi connectivity index (χ3v) is 4.70. The maximum atomic E-state index is 3.67. The molecule has 1 aliphatic rings. The smallest absolute Gasteiger partial charge is 0.0460 e. The molecule has 0 radical (unpaired) electrons. The number of allylic oxidation sites excluding steroid dienone is 2. The molecule has 0 unspecified atom stereocenters. The van der Waals surface area contributed by atoms with Crippen molar-refractivity contribution in [3.8, 4) is 0 Å². The summed E-state index contributed by atoms with van der Waals surface area (Å²) in [4.78, 5) is 0. The third-order valence-electron chi connectivity index (χ3n) is 4.70. The molecule has 0 bridgehead atoms. The highest BCUT2D eigenvalue weighted by atomic mass is 14.9. The molecule has 0 spiro atoms. The van der Waals surface area contributed by atoms with Crippen molar-refractivity contribution in [2.24, 2.45) is 0 Å². The van der Waals surface area contributed by atoms with E-state index in [-0.39, 0.29) is 0 Å². The lowest BCUT2D eigenvalue weighted by atomic mass is 9.88. The van der Waals surface area contributed by atoms with Gasteiger partial charge in [0.25, 0.3) is 0 Å². The van der Waals surface area contributed by atoms with E-state index in [1.807, 2.05) is 0 Å². The lowest BCUT2D eigenvalue weighted by molar-refractivity contribution is 0.809. The van der Waals surface area contributed by atoms with Crippen LogP contribution in [0.25, 0.3) is 11.1 Å². The standard InChI is InChI=1S/C22H27N/c1-3-5-11-17-18(12-6-4-2)20-14-8-10-16-22(20)23-21-15-9-7-13-19(17)21/h7-10,13-16,23H,3-6,11-12H2,1-2H3. The molecule has 0 aliphatic carbocycles. The van der Waals surface area contributed by atoms with E-state index in [0.29, 0.717) is 0 Å². The first-order chi connectivity index (χ1) is 11.3. The van der Waals surface area contributed by atoms with E-state index >= 15 is 0 Å². The minimum atomic E-state index is 1.17. The van der Waals surface area contributed by atoms with Gasteiger partial charge in [0.15, 0.2) is 0 Å². The van der Waals surface area contributed by atoms with Crippen molar-refractivity contribution in [3.63, 3.8) is 0 Å². The van der Waals surface area contributed by atoms with Gasteiger partial charge in [0.1, 0.15) is 0 Å². The largest absolute Gasteiger partial charge is 0.355 e. The van der Waals surface area contributed by atoms with Crippen molar-refractivity contribution >= 4 is 22.5 Å². The number of anilines is 2. The highest BCUT2D eigenvalue weighted by Crippen LogP contribution is 2.43. The molecular weight excluding hydrogens is 278 g/mol. The van der Waals surface area contributed by atoms with Crippen LogP contribution in [0, 0.1) is 0 Å². The first kappa shape index (κ1) is 15.9. The molecule has 0 saturated carbocycles. The Bertz CT molecular complexity index is 637. The Hall–Kier alpha value is -2.02. The molecule has 23 heavy (non-hydrogen) atoms. The van der Waals surface area contributed by atoms with Crippen LogP contribution in [0.4, 0.5) is 11.4 Å². The molecule has 1 heteroatoms. The van der Waals surface area contributed by atoms with E-state index in [2.05, 4.69) is 67.7 Å². The lowest BCUT2D eigenvalue weighted by Gasteiger charge is -2.15. The van der Waals surface area contributed by atoms with Crippen LogP contribution in [0.5, 0.6) is 0 Å². The number of rotatable bonds is 6. The van der Waals surface area contributed by atoms with E-state index in [9.17, 15) is 0 Å². The first-order valence-corrected chi connectivity index (χ1v) is 9.03. The summed E-state index contributed by atoms with van der Waals surface area (Å²) in [5.74, 6) is 0. The molecule has 0 amide bonds. The van der Waals surface area contributed by atoms with Crippen molar-refractivity contribution in [2.45, 2.75) is 52.4 Å². The molecule has 120 valence electrons. The van der Waals surface area contributed by atoms with Gasteiger partial charge in [-0.05, 0) is 49.0 Å². The molecule has 3 rings (SSSR count). The van der Waals surface area contributed by atoms with Gasteiger partial charge in [-0.1, -0.05) is 63.1 Å². The zero-order valence-electron chi connectivity index (χ0n) is 14.4. The van der Waals surface area contributed by atoms with E-state index < -0.39 is 0 Å². The van der Waals surface area contributed by atoms with Gasteiger partial charge in [-0.25, -0.2) is 0 Å². The van der Waals surface area contributed by atoms with Crippen LogP contribution in [0.15, 0.2) is 48.5 Å². The van der Waals surface area contributed by atoms with Crippen LogP contribution in [0.1, 0.15) is 63.5 Å². The monoisotopic (exact) mass is 305 g/mol. The van der Waals surface area contributed by atoms with E-state index in [1.54, 1.807) is 11.1 Å². The molecule has 2 aromatic carbocycles. The zero-order chi connectivity index (χ0) is 16.1. The number of hydrogen-bond acceptors (Lipinski definition) is 1. The van der Waals surface area contributed by atoms with E-state index in [4.69, 9.17) is 0 Å². The number of unbranched alkanes of at least 4 members (excludes halogenated alkanes) is 2. The highest BCUT2D eigenvalue weighted by molar-refractivity contribution is 6.00. The van der Waals surface area contributed by atoms with Crippen LogP contribution < -0.4 is 5.32 Å². The summed E-state index contributed by atoms with van der Waals surface area (Å²) in [5.41, 5.74) is 8.38. The summed E-state index contributed by atoms with van der Waals surface area (Å²) in [7, 11) is 0. The molecule has 1 heterocycles. The van der Waals surface area contributed by atoms with Gasteiger partial charge in [0.2, 0.25) is 0 Å². The Balaban J connectivity index is 2.19. The fourth-order valence-electron chi connectivity index (χ4n) is 3.46. The number of hydrogen-bond donors (Lipinski definition) is 1. The summed E-state index contributed by atoms with van der Waals surface area (Å²) >= 11 is 0. The Labute approximate surface area is 140 Å². The van der Waals surface area contributed by atoms with Gasteiger partial charge in [-0.15, -0.1) is 0 Å². The summed E-state index contributed by atoms with van der Waals surface area (Å²) < 4.78 is 0. The maximum absolute atomic E-state index is 3.67. The third kappa shape index (κ3) is 3.34. The molecule has 1 nitrogen and oxygen atoms in total. The van der Waals surface area contributed by atoms with Crippen LogP contribution in [-0.4, -0.2) is 0 Å². The van der Waals surface area contributed by atoms with Crippen LogP contribution in [0.2, 0.25) is 0 Å². The van der Waals surface area contributed by atoms with Crippen molar-refractivity contribution < 1.29 is 0 Å². The first-order valence-electron chi connectivity index (χ1n) is 9.03. The molecular formula is C22H27N. The van der Waals surface area contributed by atoms with Gasteiger partial charge >= 0.3 is 0 Å². The number of para-hydroxylation sites is 2. The Kier molecular flexibility index (Phi) is 5.17. The number of fused-ring (bicyclic) bond motifs is 2. The lowest BCUT2D eigenvalue weighted by Crippen LogP contribution is -1.93. The Morgan fingerprint density at radius 3 is 1.52 bits per heavy atom. The maximum Gasteiger partial charge on any atom is 0.0460 e. The second-order valence-corrected chi connectivity index (χ2v) is 6.38. The van der Waals surface area contributed by atoms with Crippen molar-refractivity contribution in [3.05, 3.63) is 59.7 Å². The van der Waals surface area contributed by atoms with Gasteiger partial charge in [-0.2, -0.15) is 0 Å². The molecule has 1 aliphatic heterocycles. The zero-order valence-corrected chi connectivity index (χ0v) is 14.4. The highest BCUT2D eigenvalue weighted by Gasteiger charge is 2.20. The topological polar surface area (TPSA) is 12.0 Å². The van der Waals surface area contributed by atoms with E-state index in [1.165, 1.54) is 61.0 Å². The fourth-order valence-corrected chi connectivity index (χ4v) is 3.46. The van der Waals surface area contributed by atoms with Gasteiger partial charge in [-0.3, -0.25) is 0 Å². The van der Waals surface area contributed by atoms with Crippen LogP contribution in [-0.2, 0) is 0 Å². The molecule has 2 aromatic rings. The fraction of sp³-hybridized carbons (Fsp3) is 0.364. The SMILES string of the molecule is CCCCC1=C(CCCC)c2ccccc2Nc2ccccc21. The summed E-state index contributed by atoms with van der Waals surface area (Å²) in [5, 5.41) is 3.67.